The van der Waals surface area contributed by atoms with E-state index in [9.17, 15) is 0 Å². The van der Waals surface area contributed by atoms with Crippen molar-refractivity contribution in [3.8, 4) is 97.8 Å². The van der Waals surface area contributed by atoms with E-state index < -0.39 is 0 Å². The van der Waals surface area contributed by atoms with Crippen LogP contribution in [0.25, 0.3) is 229 Å². The molecule has 0 N–H and O–H groups in total. The first-order valence-corrected chi connectivity index (χ1v) is 45.3. The molecule has 0 aliphatic rings. The minimum absolute atomic E-state index is 0.831. The average molecular weight is 1710 g/mol. The van der Waals surface area contributed by atoms with Crippen molar-refractivity contribution >= 4 is 165 Å². The van der Waals surface area contributed by atoms with E-state index in [0.29, 0.717) is 0 Å². The van der Waals surface area contributed by atoms with Gasteiger partial charge in [-0.25, -0.2) is 15.0 Å². The summed E-state index contributed by atoms with van der Waals surface area (Å²) in [5.74, 6) is 0. The van der Waals surface area contributed by atoms with Crippen LogP contribution >= 0.6 is 34.0 Å². The van der Waals surface area contributed by atoms with Crippen LogP contribution in [0.3, 0.4) is 0 Å². The molecule has 27 aromatic rings. The van der Waals surface area contributed by atoms with E-state index in [1.807, 2.05) is 85.7 Å². The number of hydrogen-bond acceptors (Lipinski definition) is 10. The molecule has 13 heterocycles. The Kier molecular flexibility index (Phi) is 18.2. The van der Waals surface area contributed by atoms with Crippen LogP contribution in [0.15, 0.2) is 431 Å². The van der Waals surface area contributed by atoms with Crippen LogP contribution in [0.1, 0.15) is 0 Å². The molecule has 0 aliphatic heterocycles. The average Bonchev–Trinajstić information content (AvgIpc) is 1.55. The summed E-state index contributed by atoms with van der Waals surface area (Å²) in [6.07, 6.45) is 11.2. The fraction of sp³-hybridized carbons (Fsp3) is 0. The molecule has 13 nitrogen and oxygen atoms in total. The highest BCUT2D eigenvalue weighted by Crippen LogP contribution is 2.50. The van der Waals surface area contributed by atoms with Crippen molar-refractivity contribution < 1.29 is 0 Å². The highest BCUT2D eigenvalue weighted by molar-refractivity contribution is 7.19. The number of pyridine rings is 4. The fourth-order valence-corrected chi connectivity index (χ4v) is 22.4. The maximum Gasteiger partial charge on any atom is 0.195 e. The number of para-hydroxylation sites is 7. The van der Waals surface area contributed by atoms with E-state index >= 15 is 0 Å². The van der Waals surface area contributed by atoms with Crippen molar-refractivity contribution in [2.45, 2.75) is 0 Å². The molecule has 0 bridgehead atoms. The monoisotopic (exact) mass is 1710 g/mol. The third kappa shape index (κ3) is 12.4. The lowest BCUT2D eigenvalue weighted by Gasteiger charge is -2.12. The summed E-state index contributed by atoms with van der Waals surface area (Å²) in [5.41, 5.74) is 26.2. The minimum atomic E-state index is 0.831. The standard InChI is InChI=1S/2C38H24N4S.C37H23N5S/c1-3-12-25(13-4-1)35-37(26-14-5-2-6-15-26)43-38(40-35)42-31-19-9-7-17-28(31)29-21-22-33-34(36(29)42)30-18-8-10-20-32(30)41(33)27-16-11-23-39-24-27;1-3-12-25(13-4-1)36-38(43-37(40-36)26-14-5-2-6-15-26)42-33-20-10-8-18-29(33)31-22-34-30(23-35(31)42)28-17-7-9-19-32(28)41(34)27-16-11-21-39-24-27;1-2-12-24(13-3-1)41-31-18-6-4-14-25(31)27-20-21-28-26-15-5-7-19-32(26)42(35(28)34(27)41)37-33(29-16-8-10-22-38-29)40-36(43-37)30-17-9-11-23-39-30/h2*1-24H;1-23H. The predicted molar refractivity (Wildman–Crippen MR) is 536 cm³/mol. The van der Waals surface area contributed by atoms with E-state index in [1.54, 1.807) is 34.0 Å². The fourth-order valence-electron chi connectivity index (χ4n) is 19.1. The number of hydrogen-bond donors (Lipinski definition) is 0. The van der Waals surface area contributed by atoms with Gasteiger partial charge in [-0.15, -0.1) is 0 Å². The number of thiazole rings is 3. The number of benzene rings is 14. The first-order chi connectivity index (χ1) is 64.1. The van der Waals surface area contributed by atoms with E-state index in [4.69, 9.17) is 19.9 Å². The molecule has 0 unspecified atom stereocenters. The summed E-state index contributed by atoms with van der Waals surface area (Å²) in [7, 11) is 0. The first kappa shape index (κ1) is 74.9. The smallest absolute Gasteiger partial charge is 0.195 e. The second kappa shape index (κ2) is 31.2. The molecule has 16 heteroatoms. The van der Waals surface area contributed by atoms with Crippen molar-refractivity contribution in [2.75, 3.05) is 0 Å². The Morgan fingerprint density at radius 2 is 0.605 bits per heavy atom. The summed E-state index contributed by atoms with van der Waals surface area (Å²) in [6, 6.07) is 139. The van der Waals surface area contributed by atoms with Crippen LogP contribution in [0.2, 0.25) is 0 Å². The molecular weight excluding hydrogens is 1640 g/mol. The highest BCUT2D eigenvalue weighted by atomic mass is 32.1. The number of aromatic nitrogens is 13. The molecule has 0 atom stereocenters. The maximum absolute atomic E-state index is 5.42. The molecule has 0 aliphatic carbocycles. The zero-order valence-electron chi connectivity index (χ0n) is 69.0. The van der Waals surface area contributed by atoms with Crippen LogP contribution in [-0.4, -0.2) is 62.3 Å². The molecule has 13 aromatic heterocycles. The van der Waals surface area contributed by atoms with Crippen molar-refractivity contribution in [3.63, 3.8) is 0 Å². The van der Waals surface area contributed by atoms with Gasteiger partial charge < -0.3 is 13.7 Å². The highest BCUT2D eigenvalue weighted by Gasteiger charge is 2.30. The number of nitrogens with zero attached hydrogens (tertiary/aromatic N) is 13. The van der Waals surface area contributed by atoms with Crippen LogP contribution < -0.4 is 0 Å². The Labute approximate surface area is 750 Å². The van der Waals surface area contributed by atoms with Gasteiger partial charge in [-0.05, 0) is 121 Å². The zero-order valence-corrected chi connectivity index (χ0v) is 71.5. The molecule has 14 aromatic carbocycles. The lowest BCUT2D eigenvalue weighted by Crippen LogP contribution is -1.99. The van der Waals surface area contributed by atoms with Gasteiger partial charge in [0.05, 0.1) is 112 Å². The minimum Gasteiger partial charge on any atom is -0.308 e. The van der Waals surface area contributed by atoms with Gasteiger partial charge in [0.15, 0.2) is 5.13 Å². The Hall–Kier alpha value is -16.6. The van der Waals surface area contributed by atoms with E-state index in [1.165, 1.54) is 109 Å². The van der Waals surface area contributed by atoms with Crippen molar-refractivity contribution in [3.05, 3.63) is 431 Å². The van der Waals surface area contributed by atoms with E-state index in [-0.39, 0.29) is 0 Å². The molecule has 0 radical (unpaired) electrons. The van der Waals surface area contributed by atoms with Gasteiger partial charge in [0, 0.05) is 112 Å². The Balaban J connectivity index is 0.000000105. The van der Waals surface area contributed by atoms with Crippen LogP contribution in [0, 0.1) is 0 Å². The molecule has 27 rings (SSSR count). The molecule has 0 spiro atoms. The summed E-state index contributed by atoms with van der Waals surface area (Å²) in [6.45, 7) is 0. The molecule has 0 saturated heterocycles. The van der Waals surface area contributed by atoms with Crippen LogP contribution in [0.5, 0.6) is 0 Å². The SMILES string of the molecule is c1ccc(-c2nc(-c3ccccc3)c(-n3c4ccccc4c4cc5c(cc43)c3ccccc3n5-c3cccnc3)s2)cc1.c1ccc(-c2nc(-n3c4ccccc4c4ccc5c(c6ccccc6n5-c5cccnc5)c43)sc2-c2ccccc2)cc1.c1ccc(-n2c3ccccc3c3ccc4c5ccccc5n(-c5sc(-c6ccccn6)nc5-c5ccccn5)c4c32)cc1. The van der Waals surface area contributed by atoms with Gasteiger partial charge in [0.2, 0.25) is 0 Å². The Bertz CT molecular complexity index is 8890. The third-order valence-electron chi connectivity index (χ3n) is 24.6. The topological polar surface area (TPSA) is 120 Å². The second-order valence-electron chi connectivity index (χ2n) is 31.9. The molecular formula is C113H71N13S3. The van der Waals surface area contributed by atoms with Crippen LogP contribution in [0.4, 0.5) is 0 Å². The number of rotatable bonds is 12. The normalized spacial score (nSPS) is 11.7. The van der Waals surface area contributed by atoms with Gasteiger partial charge in [0.25, 0.3) is 0 Å². The quantitative estimate of drug-likeness (QED) is 0.119. The maximum atomic E-state index is 5.42. The van der Waals surface area contributed by atoms with Gasteiger partial charge >= 0.3 is 0 Å². The molecule has 0 amide bonds. The lowest BCUT2D eigenvalue weighted by molar-refractivity contribution is 1.13. The first-order valence-electron chi connectivity index (χ1n) is 42.9. The van der Waals surface area contributed by atoms with Gasteiger partial charge in [0.1, 0.15) is 31.4 Å². The summed E-state index contributed by atoms with van der Waals surface area (Å²) < 4.78 is 14.3. The summed E-state index contributed by atoms with van der Waals surface area (Å²) in [4.78, 5) is 35.3. The van der Waals surface area contributed by atoms with E-state index in [2.05, 4.69) is 388 Å². The molecule has 0 saturated carbocycles. The predicted octanol–water partition coefficient (Wildman–Crippen LogP) is 29.6. The lowest BCUT2D eigenvalue weighted by atomic mass is 10.1. The second-order valence-corrected chi connectivity index (χ2v) is 34.8. The summed E-state index contributed by atoms with van der Waals surface area (Å²) in [5, 5.41) is 19.5. The molecule has 0 fully saturated rings. The third-order valence-corrected chi connectivity index (χ3v) is 27.8. The van der Waals surface area contributed by atoms with Crippen LogP contribution in [-0.2, 0) is 0 Å². The number of fused-ring (bicyclic) bond motifs is 20. The van der Waals surface area contributed by atoms with Crippen molar-refractivity contribution in [1.82, 2.24) is 62.3 Å². The van der Waals surface area contributed by atoms with Gasteiger partial charge in [-0.3, -0.25) is 33.6 Å². The van der Waals surface area contributed by atoms with E-state index in [0.717, 1.165) is 120 Å². The molecule has 129 heavy (non-hydrogen) atoms. The Morgan fingerprint density at radius 3 is 1.16 bits per heavy atom. The van der Waals surface area contributed by atoms with Gasteiger partial charge in [-0.2, -0.15) is 0 Å². The zero-order chi connectivity index (χ0) is 85.0. The largest absolute Gasteiger partial charge is 0.308 e. The van der Waals surface area contributed by atoms with Crippen molar-refractivity contribution in [2.24, 2.45) is 0 Å². The summed E-state index contributed by atoms with van der Waals surface area (Å²) >= 11 is 5.14. The van der Waals surface area contributed by atoms with Crippen molar-refractivity contribution in [1.29, 1.82) is 0 Å². The molecule has 606 valence electrons. The Morgan fingerprint density at radius 1 is 0.209 bits per heavy atom. The van der Waals surface area contributed by atoms with Gasteiger partial charge in [-0.1, -0.05) is 313 Å².